The molecule has 2 aromatic rings. The summed E-state index contributed by atoms with van der Waals surface area (Å²) in [5.41, 5.74) is 0.693. The maximum atomic E-state index is 13.9. The predicted octanol–water partition coefficient (Wildman–Crippen LogP) is 3.89. The molecular formula is C23H22FNO5. The highest BCUT2D eigenvalue weighted by Crippen LogP contribution is 2.39. The number of carboxylic acid groups (broad SMARTS) is 1. The molecule has 1 amide bonds. The summed E-state index contributed by atoms with van der Waals surface area (Å²) in [5.74, 6) is -3.30. The SMILES string of the molecule is O=C(O)CCCCCN1C(=O)C(=O)C(=C(O)c2ccccc2)[C@H]1c1cccc(F)c1. The first kappa shape index (κ1) is 21.2. The van der Waals surface area contributed by atoms with E-state index in [2.05, 4.69) is 0 Å². The minimum atomic E-state index is -0.916. The smallest absolute Gasteiger partial charge is 0.303 e. The molecule has 1 fully saturated rings. The van der Waals surface area contributed by atoms with Crippen molar-refractivity contribution in [3.8, 4) is 0 Å². The number of likely N-dealkylation sites (tertiary alicyclic amines) is 1. The van der Waals surface area contributed by atoms with Gasteiger partial charge in [-0.25, -0.2) is 4.39 Å². The van der Waals surface area contributed by atoms with Gasteiger partial charge in [-0.05, 0) is 30.5 Å². The molecule has 30 heavy (non-hydrogen) atoms. The van der Waals surface area contributed by atoms with Gasteiger partial charge in [0.1, 0.15) is 11.6 Å². The molecule has 0 bridgehead atoms. The van der Waals surface area contributed by atoms with Crippen molar-refractivity contribution in [2.24, 2.45) is 0 Å². The summed E-state index contributed by atoms with van der Waals surface area (Å²) in [7, 11) is 0. The van der Waals surface area contributed by atoms with Gasteiger partial charge >= 0.3 is 5.97 Å². The minimum Gasteiger partial charge on any atom is -0.507 e. The van der Waals surface area contributed by atoms with Crippen LogP contribution in [0.25, 0.3) is 5.76 Å². The molecule has 2 N–H and O–H groups in total. The van der Waals surface area contributed by atoms with E-state index in [-0.39, 0.29) is 24.3 Å². The average Bonchev–Trinajstić information content (AvgIpc) is 2.98. The van der Waals surface area contributed by atoms with Crippen LogP contribution in [0.1, 0.15) is 42.9 Å². The quantitative estimate of drug-likeness (QED) is 0.297. The average molecular weight is 411 g/mol. The number of carbonyl (C=O) groups is 3. The topological polar surface area (TPSA) is 94.9 Å². The molecule has 0 aromatic heterocycles. The number of rotatable bonds is 8. The summed E-state index contributed by atoms with van der Waals surface area (Å²) in [4.78, 5) is 37.5. The van der Waals surface area contributed by atoms with Crippen LogP contribution in [0.5, 0.6) is 0 Å². The largest absolute Gasteiger partial charge is 0.507 e. The fourth-order valence-electron chi connectivity index (χ4n) is 3.62. The van der Waals surface area contributed by atoms with Gasteiger partial charge in [0.2, 0.25) is 0 Å². The predicted molar refractivity (Wildman–Crippen MR) is 108 cm³/mol. The van der Waals surface area contributed by atoms with Crippen molar-refractivity contribution in [3.63, 3.8) is 0 Å². The second-order valence-corrected chi connectivity index (χ2v) is 7.12. The van der Waals surface area contributed by atoms with E-state index in [1.54, 1.807) is 36.4 Å². The third-order valence-electron chi connectivity index (χ3n) is 5.04. The van der Waals surface area contributed by atoms with Crippen LogP contribution in [0.15, 0.2) is 60.2 Å². The number of aliphatic hydroxyl groups is 1. The fraction of sp³-hybridized carbons (Fsp3) is 0.261. The Morgan fingerprint density at radius 2 is 1.70 bits per heavy atom. The molecule has 0 aliphatic carbocycles. The van der Waals surface area contributed by atoms with Gasteiger partial charge in [0.05, 0.1) is 11.6 Å². The van der Waals surface area contributed by atoms with E-state index < -0.39 is 29.5 Å². The van der Waals surface area contributed by atoms with E-state index >= 15 is 0 Å². The summed E-state index contributed by atoms with van der Waals surface area (Å²) in [6, 6.07) is 13.1. The van der Waals surface area contributed by atoms with Gasteiger partial charge in [0, 0.05) is 18.5 Å². The Balaban J connectivity index is 1.96. The molecule has 0 spiro atoms. The Morgan fingerprint density at radius 3 is 2.37 bits per heavy atom. The zero-order chi connectivity index (χ0) is 21.7. The van der Waals surface area contributed by atoms with Gasteiger partial charge in [-0.3, -0.25) is 14.4 Å². The van der Waals surface area contributed by atoms with Gasteiger partial charge in [0.25, 0.3) is 11.7 Å². The molecule has 7 heteroatoms. The Bertz CT molecular complexity index is 986. The molecule has 1 aliphatic rings. The van der Waals surface area contributed by atoms with Gasteiger partial charge in [-0.2, -0.15) is 0 Å². The number of nitrogens with zero attached hydrogens (tertiary/aromatic N) is 1. The van der Waals surface area contributed by atoms with Crippen LogP contribution >= 0.6 is 0 Å². The molecular weight excluding hydrogens is 389 g/mol. The van der Waals surface area contributed by atoms with Crippen molar-refractivity contribution in [2.45, 2.75) is 31.7 Å². The van der Waals surface area contributed by atoms with Crippen LogP contribution in [0.3, 0.4) is 0 Å². The van der Waals surface area contributed by atoms with Crippen molar-refractivity contribution in [2.75, 3.05) is 6.54 Å². The molecule has 1 aliphatic heterocycles. The lowest BCUT2D eigenvalue weighted by Crippen LogP contribution is -2.30. The highest BCUT2D eigenvalue weighted by Gasteiger charge is 2.45. The Labute approximate surface area is 173 Å². The summed E-state index contributed by atoms with van der Waals surface area (Å²) >= 11 is 0. The zero-order valence-electron chi connectivity index (χ0n) is 16.3. The maximum absolute atomic E-state index is 13.9. The van der Waals surface area contributed by atoms with Gasteiger partial charge in [0.15, 0.2) is 0 Å². The summed E-state index contributed by atoms with van der Waals surface area (Å²) < 4.78 is 13.9. The first-order chi connectivity index (χ1) is 14.4. The van der Waals surface area contributed by atoms with Crippen LogP contribution in [-0.4, -0.2) is 39.3 Å². The fourth-order valence-corrected chi connectivity index (χ4v) is 3.62. The first-order valence-corrected chi connectivity index (χ1v) is 9.71. The number of hydrogen-bond acceptors (Lipinski definition) is 4. The van der Waals surface area contributed by atoms with Crippen molar-refractivity contribution in [3.05, 3.63) is 77.1 Å². The monoisotopic (exact) mass is 411 g/mol. The van der Waals surface area contributed by atoms with Crippen LogP contribution in [0.2, 0.25) is 0 Å². The van der Waals surface area contributed by atoms with Gasteiger partial charge < -0.3 is 15.1 Å². The van der Waals surface area contributed by atoms with Crippen molar-refractivity contribution < 1.29 is 29.0 Å². The Morgan fingerprint density at radius 1 is 0.967 bits per heavy atom. The van der Waals surface area contributed by atoms with E-state index in [9.17, 15) is 23.9 Å². The number of Topliss-reactive ketones (excluding diaryl/α,β-unsaturated/α-hetero) is 1. The molecule has 1 saturated heterocycles. The number of benzene rings is 2. The van der Waals surface area contributed by atoms with Crippen LogP contribution in [0, 0.1) is 5.82 Å². The lowest BCUT2D eigenvalue weighted by Gasteiger charge is -2.25. The number of carbonyl (C=O) groups excluding carboxylic acids is 2. The molecule has 3 rings (SSSR count). The molecule has 0 radical (unpaired) electrons. The lowest BCUT2D eigenvalue weighted by atomic mass is 9.95. The van der Waals surface area contributed by atoms with Crippen LogP contribution in [0.4, 0.5) is 4.39 Å². The third kappa shape index (κ3) is 4.56. The molecule has 0 unspecified atom stereocenters. The highest BCUT2D eigenvalue weighted by atomic mass is 19.1. The van der Waals surface area contributed by atoms with E-state index in [0.29, 0.717) is 30.4 Å². The van der Waals surface area contributed by atoms with Crippen LogP contribution in [-0.2, 0) is 14.4 Å². The number of ketones is 1. The molecule has 1 atom stereocenters. The normalized spacial score (nSPS) is 18.0. The molecule has 156 valence electrons. The maximum Gasteiger partial charge on any atom is 0.303 e. The number of amides is 1. The van der Waals surface area contributed by atoms with E-state index in [1.165, 1.54) is 23.1 Å². The Kier molecular flexibility index (Phi) is 6.61. The van der Waals surface area contributed by atoms with Gasteiger partial charge in [-0.15, -0.1) is 0 Å². The third-order valence-corrected chi connectivity index (χ3v) is 5.04. The second kappa shape index (κ2) is 9.35. The minimum absolute atomic E-state index is 0.0279. The zero-order valence-corrected chi connectivity index (χ0v) is 16.3. The van der Waals surface area contributed by atoms with Gasteiger partial charge in [-0.1, -0.05) is 48.9 Å². The number of aliphatic hydroxyl groups excluding tert-OH is 1. The van der Waals surface area contributed by atoms with Crippen molar-refractivity contribution >= 4 is 23.4 Å². The standard InChI is InChI=1S/C23H22FNO5/c24-17-11-7-10-16(14-17)20-19(21(28)15-8-3-1-4-9-15)22(29)23(30)25(20)13-6-2-5-12-18(26)27/h1,3-4,7-11,14,20,28H,2,5-6,12-13H2,(H,26,27)/t20-/m1/s1. The summed E-state index contributed by atoms with van der Waals surface area (Å²) in [6.45, 7) is 0.191. The van der Waals surface area contributed by atoms with E-state index in [0.717, 1.165) is 0 Å². The summed E-state index contributed by atoms with van der Waals surface area (Å²) in [6.07, 6.45) is 1.52. The molecule has 0 saturated carbocycles. The van der Waals surface area contributed by atoms with Crippen molar-refractivity contribution in [1.29, 1.82) is 0 Å². The van der Waals surface area contributed by atoms with Crippen LogP contribution < -0.4 is 0 Å². The summed E-state index contributed by atoms with van der Waals surface area (Å²) in [5, 5.41) is 19.6. The molecule has 6 nitrogen and oxygen atoms in total. The second-order valence-electron chi connectivity index (χ2n) is 7.12. The highest BCUT2D eigenvalue weighted by molar-refractivity contribution is 6.46. The number of aliphatic carboxylic acids is 1. The number of halogens is 1. The Hall–Kier alpha value is -3.48. The number of carboxylic acids is 1. The van der Waals surface area contributed by atoms with E-state index in [4.69, 9.17) is 5.11 Å². The first-order valence-electron chi connectivity index (χ1n) is 9.71. The number of hydrogen-bond donors (Lipinski definition) is 2. The number of unbranched alkanes of at least 4 members (excludes halogenated alkanes) is 2. The van der Waals surface area contributed by atoms with E-state index in [1.807, 2.05) is 0 Å². The molecule has 1 heterocycles. The molecule has 2 aromatic carbocycles. The lowest BCUT2D eigenvalue weighted by molar-refractivity contribution is -0.140. The van der Waals surface area contributed by atoms with Crippen molar-refractivity contribution in [1.82, 2.24) is 4.90 Å².